The van der Waals surface area contributed by atoms with Crippen LogP contribution in [0.4, 0.5) is 0 Å². The third-order valence-corrected chi connectivity index (χ3v) is 3.52. The lowest BCUT2D eigenvalue weighted by molar-refractivity contribution is 0.264. The summed E-state index contributed by atoms with van der Waals surface area (Å²) in [5, 5.41) is 3.48. The molecule has 1 fully saturated rings. The van der Waals surface area contributed by atoms with Crippen molar-refractivity contribution >= 4 is 0 Å². The Kier molecular flexibility index (Phi) is 3.89. The minimum absolute atomic E-state index is 0.567. The first-order valence-corrected chi connectivity index (χ1v) is 6.58. The van der Waals surface area contributed by atoms with E-state index in [-0.39, 0.29) is 0 Å². The van der Waals surface area contributed by atoms with Gasteiger partial charge in [0.2, 0.25) is 0 Å². The lowest BCUT2D eigenvalue weighted by atomic mass is 10.2. The molecule has 0 unspecified atom stereocenters. The van der Waals surface area contributed by atoms with Crippen LogP contribution in [0.3, 0.4) is 0 Å². The summed E-state index contributed by atoms with van der Waals surface area (Å²) >= 11 is 0. The molecule has 3 nitrogen and oxygen atoms in total. The Morgan fingerprint density at radius 2 is 2.18 bits per heavy atom. The van der Waals surface area contributed by atoms with Crippen LogP contribution in [0.1, 0.15) is 43.8 Å². The first-order valence-electron chi connectivity index (χ1n) is 6.58. The second-order valence-corrected chi connectivity index (χ2v) is 5.46. The van der Waals surface area contributed by atoms with Gasteiger partial charge in [0.1, 0.15) is 11.5 Å². The van der Waals surface area contributed by atoms with Crippen molar-refractivity contribution in [2.24, 2.45) is 0 Å². The van der Waals surface area contributed by atoms with Crippen molar-refractivity contribution in [1.82, 2.24) is 10.2 Å². The minimum atomic E-state index is 0.567. The zero-order valence-electron chi connectivity index (χ0n) is 11.4. The van der Waals surface area contributed by atoms with Crippen LogP contribution in [-0.4, -0.2) is 24.0 Å². The molecular weight excluding hydrogens is 212 g/mol. The molecule has 0 atom stereocenters. The Morgan fingerprint density at radius 1 is 1.47 bits per heavy atom. The molecule has 0 radical (unpaired) electrons. The molecule has 1 aliphatic rings. The number of furan rings is 1. The SMILES string of the molecule is Cc1oc(CNC2CC2)cc1CN(C)C(C)C. The van der Waals surface area contributed by atoms with Crippen LogP contribution in [0.2, 0.25) is 0 Å². The van der Waals surface area contributed by atoms with Gasteiger partial charge in [-0.3, -0.25) is 4.90 Å². The van der Waals surface area contributed by atoms with Crippen LogP contribution in [-0.2, 0) is 13.1 Å². The highest BCUT2D eigenvalue weighted by atomic mass is 16.3. The predicted octanol–water partition coefficient (Wildman–Crippen LogP) is 2.68. The highest BCUT2D eigenvalue weighted by Crippen LogP contribution is 2.21. The fourth-order valence-corrected chi connectivity index (χ4v) is 1.82. The molecule has 0 saturated heterocycles. The Hall–Kier alpha value is -0.800. The molecule has 96 valence electrons. The van der Waals surface area contributed by atoms with Crippen LogP contribution >= 0.6 is 0 Å². The summed E-state index contributed by atoms with van der Waals surface area (Å²) in [6.45, 7) is 8.33. The van der Waals surface area contributed by atoms with Crippen LogP contribution in [0, 0.1) is 6.92 Å². The average molecular weight is 236 g/mol. The van der Waals surface area contributed by atoms with E-state index in [4.69, 9.17) is 4.42 Å². The number of aryl methyl sites for hydroxylation is 1. The van der Waals surface area contributed by atoms with Crippen molar-refractivity contribution in [2.45, 2.75) is 58.8 Å². The monoisotopic (exact) mass is 236 g/mol. The van der Waals surface area contributed by atoms with Gasteiger partial charge in [0.25, 0.3) is 0 Å². The molecule has 0 aliphatic heterocycles. The van der Waals surface area contributed by atoms with E-state index in [1.54, 1.807) is 0 Å². The number of hydrogen-bond acceptors (Lipinski definition) is 3. The average Bonchev–Trinajstić information content (AvgIpc) is 3.02. The fraction of sp³-hybridized carbons (Fsp3) is 0.714. The molecular formula is C14H24N2O. The molecule has 0 amide bonds. The summed E-state index contributed by atoms with van der Waals surface area (Å²) in [6, 6.07) is 3.50. The Labute approximate surface area is 104 Å². The van der Waals surface area contributed by atoms with E-state index >= 15 is 0 Å². The van der Waals surface area contributed by atoms with Crippen molar-refractivity contribution in [2.75, 3.05) is 7.05 Å². The second-order valence-electron chi connectivity index (χ2n) is 5.46. The molecule has 1 heterocycles. The summed E-state index contributed by atoms with van der Waals surface area (Å²) in [7, 11) is 2.15. The van der Waals surface area contributed by atoms with Gasteiger partial charge in [0, 0.05) is 24.2 Å². The quantitative estimate of drug-likeness (QED) is 0.823. The van der Waals surface area contributed by atoms with Gasteiger partial charge in [-0.2, -0.15) is 0 Å². The first kappa shape index (κ1) is 12.7. The molecule has 0 spiro atoms. The number of nitrogens with one attached hydrogen (secondary N) is 1. The maximum Gasteiger partial charge on any atom is 0.118 e. The third-order valence-electron chi connectivity index (χ3n) is 3.52. The largest absolute Gasteiger partial charge is 0.465 e. The number of rotatable bonds is 6. The van der Waals surface area contributed by atoms with E-state index in [2.05, 4.69) is 44.1 Å². The summed E-state index contributed by atoms with van der Waals surface area (Å²) in [5.74, 6) is 2.13. The molecule has 1 N–H and O–H groups in total. The van der Waals surface area contributed by atoms with E-state index in [1.165, 1.54) is 18.4 Å². The van der Waals surface area contributed by atoms with E-state index in [0.29, 0.717) is 6.04 Å². The summed E-state index contributed by atoms with van der Waals surface area (Å²) in [6.07, 6.45) is 2.64. The third kappa shape index (κ3) is 3.58. The highest BCUT2D eigenvalue weighted by molar-refractivity contribution is 5.20. The van der Waals surface area contributed by atoms with Crippen LogP contribution < -0.4 is 5.32 Å². The number of nitrogens with zero attached hydrogens (tertiary/aromatic N) is 1. The van der Waals surface area contributed by atoms with Crippen molar-refractivity contribution < 1.29 is 4.42 Å². The molecule has 0 aromatic carbocycles. The van der Waals surface area contributed by atoms with Gasteiger partial charge in [-0.05, 0) is 46.7 Å². The van der Waals surface area contributed by atoms with Gasteiger partial charge >= 0.3 is 0 Å². The highest BCUT2D eigenvalue weighted by Gasteiger charge is 2.21. The standard InChI is InChI=1S/C14H24N2O/c1-10(2)16(4)9-12-7-14(17-11(12)3)8-15-13-5-6-13/h7,10,13,15H,5-6,8-9H2,1-4H3. The summed E-state index contributed by atoms with van der Waals surface area (Å²) in [5.41, 5.74) is 1.31. The van der Waals surface area contributed by atoms with Crippen LogP contribution in [0.15, 0.2) is 10.5 Å². The van der Waals surface area contributed by atoms with Gasteiger partial charge in [-0.15, -0.1) is 0 Å². The van der Waals surface area contributed by atoms with E-state index < -0.39 is 0 Å². The second kappa shape index (κ2) is 5.23. The number of hydrogen-bond donors (Lipinski definition) is 1. The lowest BCUT2D eigenvalue weighted by Crippen LogP contribution is -2.25. The van der Waals surface area contributed by atoms with Crippen molar-refractivity contribution in [3.63, 3.8) is 0 Å². The van der Waals surface area contributed by atoms with Crippen molar-refractivity contribution in [1.29, 1.82) is 0 Å². The minimum Gasteiger partial charge on any atom is -0.465 e. The summed E-state index contributed by atoms with van der Waals surface area (Å²) in [4.78, 5) is 2.33. The molecule has 1 aromatic rings. The molecule has 17 heavy (non-hydrogen) atoms. The summed E-state index contributed by atoms with van der Waals surface area (Å²) < 4.78 is 5.78. The first-order chi connectivity index (χ1) is 8.06. The Morgan fingerprint density at radius 3 is 2.76 bits per heavy atom. The van der Waals surface area contributed by atoms with E-state index in [1.807, 2.05) is 0 Å². The molecule has 3 heteroatoms. The smallest absolute Gasteiger partial charge is 0.118 e. The molecule has 0 bridgehead atoms. The fourth-order valence-electron chi connectivity index (χ4n) is 1.82. The molecule has 1 saturated carbocycles. The van der Waals surface area contributed by atoms with Crippen LogP contribution in [0.5, 0.6) is 0 Å². The zero-order valence-corrected chi connectivity index (χ0v) is 11.4. The topological polar surface area (TPSA) is 28.4 Å². The molecule has 1 aliphatic carbocycles. The molecule has 1 aromatic heterocycles. The van der Waals surface area contributed by atoms with Gasteiger partial charge < -0.3 is 9.73 Å². The van der Waals surface area contributed by atoms with E-state index in [0.717, 1.165) is 30.7 Å². The van der Waals surface area contributed by atoms with Gasteiger partial charge in [-0.1, -0.05) is 0 Å². The Balaban J connectivity index is 1.92. The lowest BCUT2D eigenvalue weighted by Gasteiger charge is -2.20. The zero-order chi connectivity index (χ0) is 12.4. The van der Waals surface area contributed by atoms with Gasteiger partial charge in [0.15, 0.2) is 0 Å². The van der Waals surface area contributed by atoms with Gasteiger partial charge in [0.05, 0.1) is 6.54 Å². The maximum atomic E-state index is 5.78. The maximum absolute atomic E-state index is 5.78. The van der Waals surface area contributed by atoms with Crippen LogP contribution in [0.25, 0.3) is 0 Å². The van der Waals surface area contributed by atoms with Crippen molar-refractivity contribution in [3.05, 3.63) is 23.2 Å². The van der Waals surface area contributed by atoms with E-state index in [9.17, 15) is 0 Å². The van der Waals surface area contributed by atoms with Gasteiger partial charge in [-0.25, -0.2) is 0 Å². The predicted molar refractivity (Wildman–Crippen MR) is 69.9 cm³/mol. The molecule has 2 rings (SSSR count). The van der Waals surface area contributed by atoms with Crippen molar-refractivity contribution in [3.8, 4) is 0 Å². The normalized spacial score (nSPS) is 16.1. The Bertz CT molecular complexity index is 366.